The molecule has 2 aromatic rings. The Hall–Kier alpha value is -2.37. The van der Waals surface area contributed by atoms with Crippen LogP contribution in [0.2, 0.25) is 0 Å². The number of aliphatic carboxylic acids is 1. The van der Waals surface area contributed by atoms with Crippen molar-refractivity contribution < 1.29 is 14.6 Å². The van der Waals surface area contributed by atoms with E-state index in [0.717, 1.165) is 17.7 Å². The fraction of sp³-hybridized carbons (Fsp3) is 0.278. The predicted octanol–water partition coefficient (Wildman–Crippen LogP) is 2.30. The summed E-state index contributed by atoms with van der Waals surface area (Å²) in [5, 5.41) is 8.99. The quantitative estimate of drug-likeness (QED) is 0.763. The summed E-state index contributed by atoms with van der Waals surface area (Å²) in [5.74, 6) is -0.00807. The van der Waals surface area contributed by atoms with Gasteiger partial charge in [0.25, 0.3) is 0 Å². The lowest BCUT2D eigenvalue weighted by Gasteiger charge is -2.11. The van der Waals surface area contributed by atoms with E-state index in [1.807, 2.05) is 42.5 Å². The van der Waals surface area contributed by atoms with E-state index in [2.05, 4.69) is 23.0 Å². The molecule has 3 N–H and O–H groups in total. The number of nitrogens with one attached hydrogen (secondary N) is 2. The summed E-state index contributed by atoms with van der Waals surface area (Å²) < 4.78 is 5.76. The molecule has 1 saturated heterocycles. The molecular weight excluding hydrogens is 292 g/mol. The van der Waals surface area contributed by atoms with Crippen molar-refractivity contribution in [3.8, 4) is 5.75 Å². The molecule has 1 aliphatic rings. The summed E-state index contributed by atoms with van der Waals surface area (Å²) >= 11 is 0. The topological polar surface area (TPSA) is 70.6 Å². The number of hydrogen-bond acceptors (Lipinski definition) is 4. The van der Waals surface area contributed by atoms with Gasteiger partial charge in [0, 0.05) is 12.5 Å². The van der Waals surface area contributed by atoms with Gasteiger partial charge in [-0.2, -0.15) is 0 Å². The molecule has 5 heteroatoms. The summed E-state index contributed by atoms with van der Waals surface area (Å²) in [4.78, 5) is 10.9. The van der Waals surface area contributed by atoms with Crippen molar-refractivity contribution in [2.24, 2.45) is 0 Å². The number of hydrogen-bond donors (Lipinski definition) is 3. The van der Waals surface area contributed by atoms with Gasteiger partial charge in [-0.15, -0.1) is 0 Å². The second-order valence-corrected chi connectivity index (χ2v) is 5.62. The van der Waals surface area contributed by atoms with E-state index in [0.29, 0.717) is 13.0 Å². The summed E-state index contributed by atoms with van der Waals surface area (Å²) in [6.45, 7) is 0.633. The van der Waals surface area contributed by atoms with Gasteiger partial charge in [-0.25, -0.2) is 10.9 Å². The Bertz CT molecular complexity index is 643. The molecule has 5 nitrogen and oxygen atoms in total. The second kappa shape index (κ2) is 7.26. The summed E-state index contributed by atoms with van der Waals surface area (Å²) in [7, 11) is 0. The Labute approximate surface area is 135 Å². The summed E-state index contributed by atoms with van der Waals surface area (Å²) in [6, 6.07) is 17.5. The molecule has 3 rings (SSSR count). The van der Waals surface area contributed by atoms with Crippen LogP contribution in [-0.2, 0) is 11.2 Å². The van der Waals surface area contributed by atoms with E-state index >= 15 is 0 Å². The van der Waals surface area contributed by atoms with Crippen LogP contribution in [0.4, 0.5) is 0 Å². The molecule has 2 aromatic carbocycles. The monoisotopic (exact) mass is 312 g/mol. The van der Waals surface area contributed by atoms with Crippen LogP contribution in [0.1, 0.15) is 23.6 Å². The zero-order chi connectivity index (χ0) is 16.1. The largest absolute Gasteiger partial charge is 0.493 e. The smallest absolute Gasteiger partial charge is 0.322 e. The Kier molecular flexibility index (Phi) is 4.90. The molecule has 0 radical (unpaired) electrons. The van der Waals surface area contributed by atoms with Gasteiger partial charge in [-0.3, -0.25) is 4.79 Å². The first-order valence-corrected chi connectivity index (χ1v) is 7.73. The highest BCUT2D eigenvalue weighted by atomic mass is 16.5. The van der Waals surface area contributed by atoms with Gasteiger partial charge >= 0.3 is 5.97 Å². The molecule has 1 aliphatic heterocycles. The van der Waals surface area contributed by atoms with E-state index in [4.69, 9.17) is 9.84 Å². The molecule has 0 aliphatic carbocycles. The molecule has 2 atom stereocenters. The van der Waals surface area contributed by atoms with Gasteiger partial charge in [-0.1, -0.05) is 42.5 Å². The van der Waals surface area contributed by atoms with Crippen LogP contribution in [0.15, 0.2) is 54.6 Å². The number of carbonyl (C=O) groups is 1. The minimum atomic E-state index is -0.833. The molecule has 1 fully saturated rings. The fourth-order valence-corrected chi connectivity index (χ4v) is 2.66. The highest BCUT2D eigenvalue weighted by molar-refractivity contribution is 5.73. The van der Waals surface area contributed by atoms with Crippen LogP contribution in [0.3, 0.4) is 0 Å². The molecule has 0 aromatic heterocycles. The number of carboxylic acid groups (broad SMARTS) is 1. The van der Waals surface area contributed by atoms with Crippen molar-refractivity contribution in [2.75, 3.05) is 6.61 Å². The molecule has 0 amide bonds. The van der Waals surface area contributed by atoms with Crippen LogP contribution in [0.25, 0.3) is 0 Å². The third kappa shape index (κ3) is 4.09. The van der Waals surface area contributed by atoms with Gasteiger partial charge < -0.3 is 9.84 Å². The van der Waals surface area contributed by atoms with Gasteiger partial charge in [0.1, 0.15) is 11.8 Å². The first-order valence-electron chi connectivity index (χ1n) is 7.73. The number of rotatable bonds is 6. The lowest BCUT2D eigenvalue weighted by atomic mass is 10.0. The van der Waals surface area contributed by atoms with Crippen molar-refractivity contribution in [2.45, 2.75) is 24.9 Å². The average Bonchev–Trinajstić information content (AvgIpc) is 3.07. The molecule has 1 heterocycles. The lowest BCUT2D eigenvalue weighted by Crippen LogP contribution is -2.36. The van der Waals surface area contributed by atoms with Gasteiger partial charge in [0.05, 0.1) is 6.61 Å². The van der Waals surface area contributed by atoms with E-state index in [1.165, 1.54) is 5.56 Å². The number of hydrazine groups is 1. The van der Waals surface area contributed by atoms with Crippen LogP contribution in [-0.4, -0.2) is 23.7 Å². The van der Waals surface area contributed by atoms with E-state index in [1.54, 1.807) is 0 Å². The SMILES string of the molecule is O=C(O)C1CC(c2ccc(OCCc3ccccc3)cc2)NN1. The van der Waals surface area contributed by atoms with Crippen molar-refractivity contribution in [1.82, 2.24) is 10.9 Å². The number of carboxylic acids is 1. The van der Waals surface area contributed by atoms with Crippen molar-refractivity contribution in [1.29, 1.82) is 0 Å². The normalized spacial score (nSPS) is 20.3. The zero-order valence-electron chi connectivity index (χ0n) is 12.7. The van der Waals surface area contributed by atoms with E-state index < -0.39 is 12.0 Å². The summed E-state index contributed by atoms with van der Waals surface area (Å²) in [5.41, 5.74) is 8.11. The minimum absolute atomic E-state index is 0.00877. The van der Waals surface area contributed by atoms with Gasteiger partial charge in [0.15, 0.2) is 0 Å². The molecule has 23 heavy (non-hydrogen) atoms. The molecule has 2 unspecified atom stereocenters. The first-order chi connectivity index (χ1) is 11.2. The third-order valence-electron chi connectivity index (χ3n) is 3.99. The summed E-state index contributed by atoms with van der Waals surface area (Å²) in [6.07, 6.45) is 1.40. The molecular formula is C18H20N2O3. The first kappa shape index (κ1) is 15.5. The predicted molar refractivity (Wildman–Crippen MR) is 87.1 cm³/mol. The Balaban J connectivity index is 1.50. The highest BCUT2D eigenvalue weighted by Gasteiger charge is 2.29. The Morgan fingerprint density at radius 3 is 2.48 bits per heavy atom. The maximum Gasteiger partial charge on any atom is 0.322 e. The maximum atomic E-state index is 10.9. The fourth-order valence-electron chi connectivity index (χ4n) is 2.66. The molecule has 0 bridgehead atoms. The van der Waals surface area contributed by atoms with Crippen molar-refractivity contribution in [3.63, 3.8) is 0 Å². The molecule has 0 spiro atoms. The average molecular weight is 312 g/mol. The Morgan fingerprint density at radius 1 is 1.09 bits per heavy atom. The van der Waals surface area contributed by atoms with Crippen molar-refractivity contribution >= 4 is 5.97 Å². The van der Waals surface area contributed by atoms with Gasteiger partial charge in [0.2, 0.25) is 0 Å². The van der Waals surface area contributed by atoms with E-state index in [-0.39, 0.29) is 6.04 Å². The van der Waals surface area contributed by atoms with Crippen LogP contribution >= 0.6 is 0 Å². The minimum Gasteiger partial charge on any atom is -0.493 e. The molecule has 120 valence electrons. The van der Waals surface area contributed by atoms with Crippen molar-refractivity contribution in [3.05, 3.63) is 65.7 Å². The second-order valence-electron chi connectivity index (χ2n) is 5.62. The van der Waals surface area contributed by atoms with Crippen LogP contribution < -0.4 is 15.6 Å². The zero-order valence-corrected chi connectivity index (χ0v) is 12.7. The number of ether oxygens (including phenoxy) is 1. The number of benzene rings is 2. The van der Waals surface area contributed by atoms with E-state index in [9.17, 15) is 4.79 Å². The highest BCUT2D eigenvalue weighted by Crippen LogP contribution is 2.24. The third-order valence-corrected chi connectivity index (χ3v) is 3.99. The maximum absolute atomic E-state index is 10.9. The van der Waals surface area contributed by atoms with Gasteiger partial charge in [-0.05, 0) is 29.7 Å². The lowest BCUT2D eigenvalue weighted by molar-refractivity contribution is -0.139. The molecule has 0 saturated carbocycles. The van der Waals surface area contributed by atoms with Crippen LogP contribution in [0, 0.1) is 0 Å². The van der Waals surface area contributed by atoms with Crippen LogP contribution in [0.5, 0.6) is 5.75 Å². The Morgan fingerprint density at radius 2 is 1.83 bits per heavy atom. The standard InChI is InChI=1S/C18H20N2O3/c21-18(22)17-12-16(19-20-17)14-6-8-15(9-7-14)23-11-10-13-4-2-1-3-5-13/h1-9,16-17,19-20H,10-12H2,(H,21,22).